The highest BCUT2D eigenvalue weighted by Crippen LogP contribution is 2.16. The van der Waals surface area contributed by atoms with Gasteiger partial charge in [0.2, 0.25) is 5.95 Å². The van der Waals surface area contributed by atoms with Gasteiger partial charge < -0.3 is 16.2 Å². The number of hydrogen-bond acceptors (Lipinski definition) is 5. The van der Waals surface area contributed by atoms with E-state index in [1.807, 2.05) is 13.8 Å². The van der Waals surface area contributed by atoms with Gasteiger partial charge in [0.15, 0.2) is 0 Å². The van der Waals surface area contributed by atoms with Gasteiger partial charge in [0, 0.05) is 6.20 Å². The molecule has 0 spiro atoms. The Kier molecular flexibility index (Phi) is 2.90. The fraction of sp³-hybridized carbons (Fsp3) is 0.556. The smallest absolute Gasteiger partial charge is 0.221 e. The summed E-state index contributed by atoms with van der Waals surface area (Å²) in [6, 6.07) is 1.71. The van der Waals surface area contributed by atoms with Crippen molar-refractivity contribution in [1.82, 2.24) is 9.97 Å². The van der Waals surface area contributed by atoms with Gasteiger partial charge in [0.1, 0.15) is 5.82 Å². The average Bonchev–Trinajstić information content (AvgIpc) is 2.02. The van der Waals surface area contributed by atoms with Gasteiger partial charge in [0.25, 0.3) is 0 Å². The van der Waals surface area contributed by atoms with Crippen molar-refractivity contribution in [2.45, 2.75) is 32.4 Å². The molecule has 1 rings (SSSR count). The summed E-state index contributed by atoms with van der Waals surface area (Å²) < 4.78 is 0. The van der Waals surface area contributed by atoms with Crippen LogP contribution in [0.3, 0.4) is 0 Å². The minimum atomic E-state index is -0.487. The van der Waals surface area contributed by atoms with Gasteiger partial charge in [-0.15, -0.1) is 0 Å². The second kappa shape index (κ2) is 3.79. The van der Waals surface area contributed by atoms with Crippen molar-refractivity contribution in [3.63, 3.8) is 0 Å². The first-order valence-electron chi connectivity index (χ1n) is 4.46. The lowest BCUT2D eigenvalue weighted by atomic mass is 9.99. The van der Waals surface area contributed by atoms with Crippen molar-refractivity contribution in [3.05, 3.63) is 12.3 Å². The lowest BCUT2D eigenvalue weighted by Crippen LogP contribution is -2.42. The van der Waals surface area contributed by atoms with E-state index >= 15 is 0 Å². The molecule has 0 aromatic carbocycles. The van der Waals surface area contributed by atoms with E-state index in [0.29, 0.717) is 5.82 Å². The second-order valence-corrected chi connectivity index (χ2v) is 3.82. The number of aromatic nitrogens is 2. The van der Waals surface area contributed by atoms with Crippen LogP contribution < -0.4 is 11.1 Å². The standard InChI is InChI=1S/C9H16N4O/c1-6(14)9(2,3)13-7-4-5-11-8(10)12-7/h4-6,14H,1-3H3,(H3,10,11,12,13). The normalized spacial score (nSPS) is 13.7. The van der Waals surface area contributed by atoms with E-state index in [4.69, 9.17) is 5.73 Å². The van der Waals surface area contributed by atoms with Crippen LogP contribution in [0.15, 0.2) is 12.3 Å². The Morgan fingerprint density at radius 3 is 2.71 bits per heavy atom. The van der Waals surface area contributed by atoms with Crippen molar-refractivity contribution < 1.29 is 5.11 Å². The Labute approximate surface area is 83.4 Å². The van der Waals surface area contributed by atoms with Crippen LogP contribution in [0.25, 0.3) is 0 Å². The van der Waals surface area contributed by atoms with Gasteiger partial charge in [0.05, 0.1) is 11.6 Å². The molecule has 0 saturated carbocycles. The van der Waals surface area contributed by atoms with Crippen LogP contribution >= 0.6 is 0 Å². The molecule has 1 unspecified atom stereocenters. The molecule has 0 saturated heterocycles. The van der Waals surface area contributed by atoms with Gasteiger partial charge in [-0.3, -0.25) is 0 Å². The number of rotatable bonds is 3. The summed E-state index contributed by atoms with van der Waals surface area (Å²) in [5.41, 5.74) is 4.99. The summed E-state index contributed by atoms with van der Waals surface area (Å²) in [5.74, 6) is 0.833. The van der Waals surface area contributed by atoms with Crippen molar-refractivity contribution in [2.24, 2.45) is 0 Å². The van der Waals surface area contributed by atoms with Crippen LogP contribution in [-0.4, -0.2) is 26.7 Å². The zero-order chi connectivity index (χ0) is 10.8. The average molecular weight is 196 g/mol. The van der Waals surface area contributed by atoms with Crippen LogP contribution in [0.2, 0.25) is 0 Å². The summed E-state index contributed by atoms with van der Waals surface area (Å²) in [7, 11) is 0. The van der Waals surface area contributed by atoms with Crippen molar-refractivity contribution in [2.75, 3.05) is 11.1 Å². The van der Waals surface area contributed by atoms with E-state index < -0.39 is 11.6 Å². The number of nitrogens with zero attached hydrogens (tertiary/aromatic N) is 2. The Balaban J connectivity index is 2.78. The number of anilines is 2. The summed E-state index contributed by atoms with van der Waals surface area (Å²) in [6.07, 6.45) is 1.08. The molecule has 78 valence electrons. The Hall–Kier alpha value is -1.36. The third kappa shape index (κ3) is 2.56. The molecule has 0 aliphatic rings. The molecule has 5 heteroatoms. The fourth-order valence-electron chi connectivity index (χ4n) is 0.878. The molecule has 1 aromatic heterocycles. The van der Waals surface area contributed by atoms with Crippen molar-refractivity contribution in [1.29, 1.82) is 0 Å². The van der Waals surface area contributed by atoms with E-state index in [9.17, 15) is 5.11 Å². The van der Waals surface area contributed by atoms with E-state index in [1.165, 1.54) is 0 Å². The SMILES string of the molecule is CC(O)C(C)(C)Nc1ccnc(N)n1. The number of aliphatic hydroxyl groups is 1. The Bertz CT molecular complexity index is 311. The van der Waals surface area contributed by atoms with E-state index in [0.717, 1.165) is 0 Å². The monoisotopic (exact) mass is 196 g/mol. The molecule has 0 aliphatic heterocycles. The number of aliphatic hydroxyl groups excluding tert-OH is 1. The zero-order valence-corrected chi connectivity index (χ0v) is 8.65. The summed E-state index contributed by atoms with van der Waals surface area (Å²) in [5, 5.41) is 12.6. The van der Waals surface area contributed by atoms with Gasteiger partial charge in [-0.05, 0) is 26.8 Å². The minimum absolute atomic E-state index is 0.219. The molecule has 1 atom stereocenters. The van der Waals surface area contributed by atoms with Crippen LogP contribution in [0.4, 0.5) is 11.8 Å². The number of nitrogens with two attached hydrogens (primary N) is 1. The summed E-state index contributed by atoms with van der Waals surface area (Å²) >= 11 is 0. The highest BCUT2D eigenvalue weighted by atomic mass is 16.3. The molecule has 5 nitrogen and oxygen atoms in total. The lowest BCUT2D eigenvalue weighted by Gasteiger charge is -2.29. The fourth-order valence-corrected chi connectivity index (χ4v) is 0.878. The van der Waals surface area contributed by atoms with Crippen LogP contribution in [-0.2, 0) is 0 Å². The van der Waals surface area contributed by atoms with Crippen LogP contribution in [0, 0.1) is 0 Å². The van der Waals surface area contributed by atoms with Gasteiger partial charge in [-0.2, -0.15) is 4.98 Å². The number of hydrogen-bond donors (Lipinski definition) is 3. The quantitative estimate of drug-likeness (QED) is 0.660. The molecule has 4 N–H and O–H groups in total. The maximum absolute atomic E-state index is 9.47. The second-order valence-electron chi connectivity index (χ2n) is 3.82. The molecular weight excluding hydrogens is 180 g/mol. The third-order valence-corrected chi connectivity index (χ3v) is 2.17. The molecule has 0 aliphatic carbocycles. The Morgan fingerprint density at radius 1 is 1.57 bits per heavy atom. The minimum Gasteiger partial charge on any atom is -0.391 e. The maximum Gasteiger partial charge on any atom is 0.221 e. The molecule has 1 heterocycles. The third-order valence-electron chi connectivity index (χ3n) is 2.17. The van der Waals surface area contributed by atoms with E-state index in [1.54, 1.807) is 19.2 Å². The zero-order valence-electron chi connectivity index (χ0n) is 8.65. The largest absolute Gasteiger partial charge is 0.391 e. The molecular formula is C9H16N4O. The molecule has 1 aromatic rings. The van der Waals surface area contributed by atoms with Gasteiger partial charge in [-0.25, -0.2) is 4.98 Å². The first kappa shape index (κ1) is 10.7. The van der Waals surface area contributed by atoms with Crippen molar-refractivity contribution in [3.8, 4) is 0 Å². The Morgan fingerprint density at radius 2 is 2.21 bits per heavy atom. The van der Waals surface area contributed by atoms with E-state index in [-0.39, 0.29) is 5.95 Å². The number of nitrogens with one attached hydrogen (secondary N) is 1. The van der Waals surface area contributed by atoms with Gasteiger partial charge in [-0.1, -0.05) is 0 Å². The lowest BCUT2D eigenvalue weighted by molar-refractivity contribution is 0.133. The van der Waals surface area contributed by atoms with Crippen molar-refractivity contribution >= 4 is 11.8 Å². The van der Waals surface area contributed by atoms with Gasteiger partial charge >= 0.3 is 0 Å². The molecule has 0 bridgehead atoms. The molecule has 0 radical (unpaired) electrons. The summed E-state index contributed by atoms with van der Waals surface area (Å²) in [4.78, 5) is 7.76. The van der Waals surface area contributed by atoms with E-state index in [2.05, 4.69) is 15.3 Å². The van der Waals surface area contributed by atoms with Crippen LogP contribution in [0.1, 0.15) is 20.8 Å². The highest BCUT2D eigenvalue weighted by molar-refractivity contribution is 5.40. The predicted molar refractivity (Wildman–Crippen MR) is 55.8 cm³/mol. The maximum atomic E-state index is 9.47. The first-order chi connectivity index (χ1) is 6.42. The predicted octanol–water partition coefficient (Wildman–Crippen LogP) is 0.630. The molecule has 0 fully saturated rings. The summed E-state index contributed by atoms with van der Waals surface area (Å²) in [6.45, 7) is 5.49. The molecule has 0 amide bonds. The first-order valence-corrected chi connectivity index (χ1v) is 4.46. The highest BCUT2D eigenvalue weighted by Gasteiger charge is 2.23. The number of nitrogen functional groups attached to an aromatic ring is 1. The topological polar surface area (TPSA) is 84.1 Å². The molecule has 14 heavy (non-hydrogen) atoms. The van der Waals surface area contributed by atoms with Crippen LogP contribution in [0.5, 0.6) is 0 Å².